The van der Waals surface area contributed by atoms with Crippen LogP contribution in [0.5, 0.6) is 0 Å². The van der Waals surface area contributed by atoms with Crippen molar-refractivity contribution in [2.45, 2.75) is 96.6 Å². The van der Waals surface area contributed by atoms with Gasteiger partial charge in [0.25, 0.3) is 0 Å². The Hall–Kier alpha value is -0.970. The van der Waals surface area contributed by atoms with Crippen LogP contribution in [-0.2, 0) is 11.2 Å². The lowest BCUT2D eigenvalue weighted by Crippen LogP contribution is -2.31. The number of aromatic nitrogens is 1. The maximum Gasteiger partial charge on any atom is 0.226 e. The average molecular weight is 421 g/mol. The summed E-state index contributed by atoms with van der Waals surface area (Å²) >= 11 is 1.65. The molecule has 0 radical (unpaired) electrons. The fourth-order valence-corrected chi connectivity index (χ4v) is 7.03. The summed E-state index contributed by atoms with van der Waals surface area (Å²) in [5, 5.41) is 3.74. The molecule has 3 aliphatic rings. The Morgan fingerprint density at radius 1 is 1.07 bits per heavy atom. The summed E-state index contributed by atoms with van der Waals surface area (Å²) in [5.41, 5.74) is 0. The second-order valence-corrected chi connectivity index (χ2v) is 11.3. The third-order valence-electron chi connectivity index (χ3n) is 7.83. The molecule has 1 N–H and O–H groups in total. The fraction of sp³-hybridized carbons (Fsp3) is 0.833. The van der Waals surface area contributed by atoms with Crippen molar-refractivity contribution in [2.75, 3.05) is 5.32 Å². The zero-order chi connectivity index (χ0) is 20.2. The number of carbonyl (C=O) groups excluding carboxylic acids is 1. The molecule has 0 spiro atoms. The minimum Gasteiger partial charge on any atom is -0.302 e. The van der Waals surface area contributed by atoms with Crippen LogP contribution in [0.15, 0.2) is 6.20 Å². The predicted molar refractivity (Wildman–Crippen MR) is 118 cm³/mol. The molecular formula is C24H37FN2OS. The van der Waals surface area contributed by atoms with Gasteiger partial charge in [-0.2, -0.15) is 0 Å². The topological polar surface area (TPSA) is 42.0 Å². The predicted octanol–water partition coefficient (Wildman–Crippen LogP) is 6.79. The van der Waals surface area contributed by atoms with E-state index in [-0.39, 0.29) is 5.91 Å². The number of fused-ring (bicyclic) bond motifs is 1. The standard InChI is InChI=1S/C24H37FN2OS/c1-16-2-7-19-8-3-18(13-20(19)12-16)14-22-15-26-24(29-22)27-23(28)11-6-17-4-9-21(25)10-5-17/h15-21H,2-14H2,1H3,(H,26,27,28). The molecule has 1 amide bonds. The van der Waals surface area contributed by atoms with Crippen LogP contribution >= 0.6 is 11.3 Å². The quantitative estimate of drug-likeness (QED) is 0.551. The van der Waals surface area contributed by atoms with Crippen LogP contribution in [0.4, 0.5) is 9.52 Å². The normalized spacial score (nSPS) is 35.1. The SMILES string of the molecule is CC1CCC2CCC(Cc3cnc(NC(=O)CCC4CCC(F)CC4)s3)CC2C1. The fourth-order valence-electron chi connectivity index (χ4n) is 6.08. The van der Waals surface area contributed by atoms with Crippen molar-refractivity contribution in [3.63, 3.8) is 0 Å². The largest absolute Gasteiger partial charge is 0.302 e. The second kappa shape index (κ2) is 9.89. The van der Waals surface area contributed by atoms with E-state index in [0.717, 1.165) is 54.5 Å². The highest BCUT2D eigenvalue weighted by molar-refractivity contribution is 7.15. The van der Waals surface area contributed by atoms with E-state index >= 15 is 0 Å². The summed E-state index contributed by atoms with van der Waals surface area (Å²) in [6, 6.07) is 0. The summed E-state index contributed by atoms with van der Waals surface area (Å²) < 4.78 is 13.2. The Bertz CT molecular complexity index is 670. The molecule has 1 aromatic rings. The number of amides is 1. The van der Waals surface area contributed by atoms with Crippen LogP contribution in [-0.4, -0.2) is 17.1 Å². The molecule has 29 heavy (non-hydrogen) atoms. The Labute approximate surface area is 179 Å². The molecule has 0 aliphatic heterocycles. The molecule has 0 saturated heterocycles. The molecule has 3 aliphatic carbocycles. The lowest BCUT2D eigenvalue weighted by molar-refractivity contribution is -0.116. The Balaban J connectivity index is 1.20. The van der Waals surface area contributed by atoms with E-state index in [0.29, 0.717) is 25.2 Å². The van der Waals surface area contributed by atoms with Gasteiger partial charge < -0.3 is 5.32 Å². The number of nitrogens with zero attached hydrogens (tertiary/aromatic N) is 1. The number of thiazole rings is 1. The lowest BCUT2D eigenvalue weighted by atomic mass is 9.64. The summed E-state index contributed by atoms with van der Waals surface area (Å²) in [6.45, 7) is 2.42. The van der Waals surface area contributed by atoms with Gasteiger partial charge in [-0.15, -0.1) is 11.3 Å². The molecule has 1 heterocycles. The first-order valence-electron chi connectivity index (χ1n) is 11.9. The highest BCUT2D eigenvalue weighted by Crippen LogP contribution is 2.45. The van der Waals surface area contributed by atoms with Gasteiger partial charge in [-0.25, -0.2) is 9.37 Å². The van der Waals surface area contributed by atoms with E-state index in [1.807, 2.05) is 6.20 Å². The Morgan fingerprint density at radius 2 is 1.83 bits per heavy atom. The molecule has 3 saturated carbocycles. The van der Waals surface area contributed by atoms with Gasteiger partial charge in [0.15, 0.2) is 5.13 Å². The summed E-state index contributed by atoms with van der Waals surface area (Å²) in [5.74, 6) is 4.20. The van der Waals surface area contributed by atoms with Gasteiger partial charge in [-0.3, -0.25) is 4.79 Å². The van der Waals surface area contributed by atoms with Crippen molar-refractivity contribution >= 4 is 22.4 Å². The molecule has 0 bridgehead atoms. The van der Waals surface area contributed by atoms with Crippen molar-refractivity contribution in [3.8, 4) is 0 Å². The highest BCUT2D eigenvalue weighted by Gasteiger charge is 2.34. The molecular weight excluding hydrogens is 383 g/mol. The molecule has 4 atom stereocenters. The van der Waals surface area contributed by atoms with Crippen LogP contribution in [0.2, 0.25) is 0 Å². The van der Waals surface area contributed by atoms with E-state index < -0.39 is 6.17 Å². The summed E-state index contributed by atoms with van der Waals surface area (Å²) in [6.07, 6.45) is 15.5. The van der Waals surface area contributed by atoms with Crippen molar-refractivity contribution in [2.24, 2.45) is 29.6 Å². The first-order valence-corrected chi connectivity index (χ1v) is 12.8. The minimum atomic E-state index is -0.620. The number of rotatable bonds is 6. The van der Waals surface area contributed by atoms with E-state index in [1.165, 1.54) is 43.4 Å². The average Bonchev–Trinajstić information content (AvgIpc) is 3.14. The van der Waals surface area contributed by atoms with Crippen LogP contribution in [0.3, 0.4) is 0 Å². The van der Waals surface area contributed by atoms with Crippen LogP contribution in [0.25, 0.3) is 0 Å². The van der Waals surface area contributed by atoms with Crippen LogP contribution in [0, 0.1) is 29.6 Å². The number of halogens is 1. The third kappa shape index (κ3) is 6.02. The number of nitrogens with one attached hydrogen (secondary N) is 1. The Morgan fingerprint density at radius 3 is 2.66 bits per heavy atom. The molecule has 0 aromatic carbocycles. The van der Waals surface area contributed by atoms with E-state index in [1.54, 1.807) is 11.3 Å². The van der Waals surface area contributed by atoms with Crippen molar-refractivity contribution < 1.29 is 9.18 Å². The molecule has 4 unspecified atom stereocenters. The second-order valence-electron chi connectivity index (χ2n) is 10.2. The number of hydrogen-bond donors (Lipinski definition) is 1. The minimum absolute atomic E-state index is 0.0602. The highest BCUT2D eigenvalue weighted by atomic mass is 32.1. The van der Waals surface area contributed by atoms with Gasteiger partial charge >= 0.3 is 0 Å². The Kier molecular flexibility index (Phi) is 7.25. The molecule has 4 rings (SSSR count). The lowest BCUT2D eigenvalue weighted by Gasteiger charge is -2.41. The molecule has 1 aromatic heterocycles. The van der Waals surface area contributed by atoms with E-state index in [4.69, 9.17) is 0 Å². The molecule has 3 nitrogen and oxygen atoms in total. The molecule has 5 heteroatoms. The van der Waals surface area contributed by atoms with Crippen molar-refractivity contribution in [1.29, 1.82) is 0 Å². The first-order chi connectivity index (χ1) is 14.0. The van der Waals surface area contributed by atoms with Gasteiger partial charge in [-0.05, 0) is 100 Å². The smallest absolute Gasteiger partial charge is 0.226 e. The molecule has 3 fully saturated rings. The van der Waals surface area contributed by atoms with Crippen molar-refractivity contribution in [3.05, 3.63) is 11.1 Å². The zero-order valence-corrected chi connectivity index (χ0v) is 18.7. The first kappa shape index (κ1) is 21.3. The maximum absolute atomic E-state index is 13.2. The van der Waals surface area contributed by atoms with E-state index in [2.05, 4.69) is 17.2 Å². The zero-order valence-electron chi connectivity index (χ0n) is 17.9. The number of hydrogen-bond acceptors (Lipinski definition) is 3. The summed E-state index contributed by atoms with van der Waals surface area (Å²) in [4.78, 5) is 18.1. The van der Waals surface area contributed by atoms with Crippen LogP contribution in [0.1, 0.15) is 88.9 Å². The number of anilines is 1. The van der Waals surface area contributed by atoms with E-state index in [9.17, 15) is 9.18 Å². The van der Waals surface area contributed by atoms with Gasteiger partial charge in [0.2, 0.25) is 5.91 Å². The maximum atomic E-state index is 13.2. The third-order valence-corrected chi connectivity index (χ3v) is 8.76. The van der Waals surface area contributed by atoms with Gasteiger partial charge in [0.05, 0.1) is 0 Å². The van der Waals surface area contributed by atoms with Gasteiger partial charge in [0.1, 0.15) is 6.17 Å². The summed E-state index contributed by atoms with van der Waals surface area (Å²) in [7, 11) is 0. The number of alkyl halides is 1. The van der Waals surface area contributed by atoms with Crippen LogP contribution < -0.4 is 5.32 Å². The van der Waals surface area contributed by atoms with Gasteiger partial charge in [0, 0.05) is 17.5 Å². The van der Waals surface area contributed by atoms with Crippen molar-refractivity contribution in [1.82, 2.24) is 4.98 Å². The van der Waals surface area contributed by atoms with Gasteiger partial charge in [-0.1, -0.05) is 13.3 Å². The number of carbonyl (C=O) groups is 1. The molecule has 162 valence electrons. The monoisotopic (exact) mass is 420 g/mol.